The van der Waals surface area contributed by atoms with Gasteiger partial charge in [0.1, 0.15) is 18.9 Å². The Balaban J connectivity index is 2.37. The van der Waals surface area contributed by atoms with Gasteiger partial charge in [0.05, 0.1) is 0 Å². The van der Waals surface area contributed by atoms with Gasteiger partial charge in [-0.2, -0.15) is 0 Å². The van der Waals surface area contributed by atoms with Crippen LogP contribution in [0.1, 0.15) is 24.8 Å². The Morgan fingerprint density at radius 2 is 2.00 bits per heavy atom. The maximum absolute atomic E-state index is 11.5. The highest BCUT2D eigenvalue weighted by Crippen LogP contribution is 2.03. The van der Waals surface area contributed by atoms with E-state index in [0.29, 0.717) is 12.7 Å². The first-order chi connectivity index (χ1) is 9.63. The van der Waals surface area contributed by atoms with E-state index in [1.807, 2.05) is 18.2 Å². The van der Waals surface area contributed by atoms with Gasteiger partial charge in [0.15, 0.2) is 0 Å². The number of amides is 1. The standard InChI is InChI=1S/C14H17NO5/c16-9-5-4-8-12(13(17)18)15-14(19)20-10-11-6-2-1-3-7-11/h1-3,6-7,9,12H,4-5,8,10H2,(H,15,19)(H,17,18)/t12-/m0/s1. The summed E-state index contributed by atoms with van der Waals surface area (Å²) in [7, 11) is 0. The lowest BCUT2D eigenvalue weighted by atomic mass is 10.1. The number of alkyl carbamates (subject to hydrolysis) is 1. The highest BCUT2D eigenvalue weighted by molar-refractivity contribution is 5.79. The number of carbonyl (C=O) groups is 3. The smallest absolute Gasteiger partial charge is 0.408 e. The van der Waals surface area contributed by atoms with Crippen LogP contribution in [-0.2, 0) is 20.9 Å². The molecule has 1 aromatic carbocycles. The summed E-state index contributed by atoms with van der Waals surface area (Å²) in [5.41, 5.74) is 0.815. The number of hydrogen-bond acceptors (Lipinski definition) is 4. The van der Waals surface area contributed by atoms with E-state index in [9.17, 15) is 14.4 Å². The molecule has 6 nitrogen and oxygen atoms in total. The minimum Gasteiger partial charge on any atom is -0.480 e. The largest absolute Gasteiger partial charge is 0.480 e. The molecule has 2 N–H and O–H groups in total. The van der Waals surface area contributed by atoms with Crippen molar-refractivity contribution in [1.29, 1.82) is 0 Å². The summed E-state index contributed by atoms with van der Waals surface area (Å²) in [6, 6.07) is 8.03. The maximum Gasteiger partial charge on any atom is 0.408 e. The van der Waals surface area contributed by atoms with Gasteiger partial charge in [-0.1, -0.05) is 30.3 Å². The van der Waals surface area contributed by atoms with E-state index in [1.165, 1.54) is 0 Å². The van der Waals surface area contributed by atoms with Crippen molar-refractivity contribution in [1.82, 2.24) is 5.32 Å². The predicted octanol–water partition coefficient (Wildman–Crippen LogP) is 1.74. The number of carboxylic acids is 1. The number of hydrogen-bond donors (Lipinski definition) is 2. The fourth-order valence-electron chi connectivity index (χ4n) is 1.57. The lowest BCUT2D eigenvalue weighted by molar-refractivity contribution is -0.139. The van der Waals surface area contributed by atoms with E-state index in [2.05, 4.69) is 5.32 Å². The van der Waals surface area contributed by atoms with Crippen LogP contribution in [0.5, 0.6) is 0 Å². The predicted molar refractivity (Wildman–Crippen MR) is 71.1 cm³/mol. The summed E-state index contributed by atoms with van der Waals surface area (Å²) in [6.07, 6.45) is 0.790. The molecule has 1 rings (SSSR count). The summed E-state index contributed by atoms with van der Waals surface area (Å²) in [4.78, 5) is 32.6. The average Bonchev–Trinajstić information content (AvgIpc) is 2.45. The molecule has 20 heavy (non-hydrogen) atoms. The molecule has 0 bridgehead atoms. The molecule has 0 saturated heterocycles. The third kappa shape index (κ3) is 5.99. The Labute approximate surface area is 116 Å². The van der Waals surface area contributed by atoms with Crippen LogP contribution in [0.2, 0.25) is 0 Å². The van der Waals surface area contributed by atoms with Gasteiger partial charge >= 0.3 is 12.1 Å². The molecular weight excluding hydrogens is 262 g/mol. The van der Waals surface area contributed by atoms with Crippen molar-refractivity contribution >= 4 is 18.3 Å². The van der Waals surface area contributed by atoms with Crippen LogP contribution in [-0.4, -0.2) is 29.5 Å². The molecule has 1 amide bonds. The second-order valence-electron chi connectivity index (χ2n) is 4.19. The van der Waals surface area contributed by atoms with Crippen LogP contribution in [0.3, 0.4) is 0 Å². The quantitative estimate of drug-likeness (QED) is 0.558. The Morgan fingerprint density at radius 3 is 2.60 bits per heavy atom. The van der Waals surface area contributed by atoms with Crippen LogP contribution in [0, 0.1) is 0 Å². The number of ether oxygens (including phenoxy) is 1. The van der Waals surface area contributed by atoms with Gasteiger partial charge in [-0.25, -0.2) is 9.59 Å². The first-order valence-corrected chi connectivity index (χ1v) is 6.27. The van der Waals surface area contributed by atoms with Gasteiger partial charge in [-0.3, -0.25) is 0 Å². The number of benzene rings is 1. The third-order valence-electron chi connectivity index (χ3n) is 2.62. The van der Waals surface area contributed by atoms with Crippen LogP contribution in [0.15, 0.2) is 30.3 Å². The molecule has 0 heterocycles. The van der Waals surface area contributed by atoms with Crippen molar-refractivity contribution in [2.24, 2.45) is 0 Å². The summed E-state index contributed by atoms with van der Waals surface area (Å²) in [5, 5.41) is 11.2. The lowest BCUT2D eigenvalue weighted by Crippen LogP contribution is -2.41. The summed E-state index contributed by atoms with van der Waals surface area (Å²) < 4.78 is 4.93. The first-order valence-electron chi connectivity index (χ1n) is 6.27. The van der Waals surface area contributed by atoms with Crippen molar-refractivity contribution in [2.75, 3.05) is 0 Å². The van der Waals surface area contributed by atoms with E-state index >= 15 is 0 Å². The molecule has 108 valence electrons. The SMILES string of the molecule is O=CCCC[C@H](NC(=O)OCc1ccccc1)C(=O)O. The zero-order valence-electron chi connectivity index (χ0n) is 11.0. The molecule has 0 saturated carbocycles. The fourth-order valence-corrected chi connectivity index (χ4v) is 1.57. The molecule has 0 radical (unpaired) electrons. The molecule has 0 fully saturated rings. The van der Waals surface area contributed by atoms with Gasteiger partial charge in [-0.15, -0.1) is 0 Å². The normalized spacial score (nSPS) is 11.4. The van der Waals surface area contributed by atoms with Crippen LogP contribution >= 0.6 is 0 Å². The zero-order chi connectivity index (χ0) is 14.8. The van der Waals surface area contributed by atoms with Gasteiger partial charge in [0.2, 0.25) is 0 Å². The number of carboxylic acid groups (broad SMARTS) is 1. The Bertz CT molecular complexity index is 446. The molecule has 0 aliphatic rings. The molecular formula is C14H17NO5. The Hall–Kier alpha value is -2.37. The first kappa shape index (κ1) is 15.7. The number of unbranched alkanes of at least 4 members (excludes halogenated alkanes) is 1. The molecule has 6 heteroatoms. The second-order valence-corrected chi connectivity index (χ2v) is 4.19. The van der Waals surface area contributed by atoms with Crippen LogP contribution in [0.4, 0.5) is 4.79 Å². The molecule has 1 aromatic rings. The average molecular weight is 279 g/mol. The molecule has 0 aliphatic heterocycles. The number of rotatable bonds is 8. The molecule has 0 aromatic heterocycles. The number of aldehydes is 1. The van der Waals surface area contributed by atoms with Gasteiger partial charge in [0, 0.05) is 6.42 Å². The van der Waals surface area contributed by atoms with Crippen LogP contribution in [0.25, 0.3) is 0 Å². The van der Waals surface area contributed by atoms with Crippen molar-refractivity contribution in [2.45, 2.75) is 31.9 Å². The molecule has 0 unspecified atom stereocenters. The van der Waals surface area contributed by atoms with E-state index in [4.69, 9.17) is 9.84 Å². The maximum atomic E-state index is 11.5. The van der Waals surface area contributed by atoms with Crippen molar-refractivity contribution < 1.29 is 24.2 Å². The summed E-state index contributed by atoms with van der Waals surface area (Å²) >= 11 is 0. The van der Waals surface area contributed by atoms with E-state index in [0.717, 1.165) is 5.56 Å². The minimum atomic E-state index is -1.15. The second kappa shape index (κ2) is 8.68. The monoisotopic (exact) mass is 279 g/mol. The van der Waals surface area contributed by atoms with Gasteiger partial charge in [-0.05, 0) is 18.4 Å². The topological polar surface area (TPSA) is 92.7 Å². The summed E-state index contributed by atoms with van der Waals surface area (Å²) in [6.45, 7) is 0.0767. The fraction of sp³-hybridized carbons (Fsp3) is 0.357. The Kier molecular flexibility index (Phi) is 6.81. The van der Waals surface area contributed by atoms with Gasteiger partial charge in [0.25, 0.3) is 0 Å². The summed E-state index contributed by atoms with van der Waals surface area (Å²) in [5.74, 6) is -1.15. The highest BCUT2D eigenvalue weighted by atomic mass is 16.5. The van der Waals surface area contributed by atoms with E-state index in [-0.39, 0.29) is 19.4 Å². The lowest BCUT2D eigenvalue weighted by Gasteiger charge is -2.14. The highest BCUT2D eigenvalue weighted by Gasteiger charge is 2.19. The molecule has 0 spiro atoms. The van der Waals surface area contributed by atoms with E-state index < -0.39 is 18.1 Å². The number of aliphatic carboxylic acids is 1. The molecule has 0 aliphatic carbocycles. The number of nitrogens with one attached hydrogen (secondary N) is 1. The van der Waals surface area contributed by atoms with Crippen molar-refractivity contribution in [3.63, 3.8) is 0 Å². The molecule has 1 atom stereocenters. The minimum absolute atomic E-state index is 0.0767. The Morgan fingerprint density at radius 1 is 1.30 bits per heavy atom. The third-order valence-corrected chi connectivity index (χ3v) is 2.62. The number of carbonyl (C=O) groups excluding carboxylic acids is 2. The van der Waals surface area contributed by atoms with Gasteiger partial charge < -0.3 is 20.0 Å². The zero-order valence-corrected chi connectivity index (χ0v) is 11.0. The van der Waals surface area contributed by atoms with Crippen molar-refractivity contribution in [3.05, 3.63) is 35.9 Å². The van der Waals surface area contributed by atoms with Crippen LogP contribution < -0.4 is 5.32 Å². The van der Waals surface area contributed by atoms with Crippen molar-refractivity contribution in [3.8, 4) is 0 Å². The van der Waals surface area contributed by atoms with E-state index in [1.54, 1.807) is 12.1 Å².